The monoisotopic (exact) mass is 572 g/mol. The number of furan rings is 1. The molecular formula is C26H19Cl2N2O5PS. The number of nitrogens with zero attached hydrogens (tertiary/aromatic N) is 2. The van der Waals surface area contributed by atoms with Crippen LogP contribution < -0.4 is 9.97 Å². The molecule has 0 aliphatic heterocycles. The quantitative estimate of drug-likeness (QED) is 0.198. The number of anilines is 1. The molecule has 0 bridgehead atoms. The molecule has 5 rings (SSSR count). The minimum atomic E-state index is -3.76. The van der Waals surface area contributed by atoms with Crippen molar-refractivity contribution in [2.24, 2.45) is 0 Å². The average molecular weight is 573 g/mol. The number of pyridine rings is 1. The number of fused-ring (bicyclic) bond motifs is 1. The Labute approximate surface area is 226 Å². The van der Waals surface area contributed by atoms with Crippen molar-refractivity contribution in [3.8, 4) is 21.8 Å². The van der Waals surface area contributed by atoms with Crippen LogP contribution >= 0.6 is 42.1 Å². The van der Waals surface area contributed by atoms with Gasteiger partial charge in [0.2, 0.25) is 0 Å². The van der Waals surface area contributed by atoms with Crippen molar-refractivity contribution in [1.29, 1.82) is 0 Å². The summed E-state index contributed by atoms with van der Waals surface area (Å²) in [6, 6.07) is 19.3. The van der Waals surface area contributed by atoms with Gasteiger partial charge in [0.25, 0.3) is 0 Å². The summed E-state index contributed by atoms with van der Waals surface area (Å²) in [5.74, 6) is -0.465. The SMILES string of the molecule is COP(=O)(c1ccc(Cl)cc1Cl)N(C)c1cc(-c2ccc(-c3cc4ncccc4o3)cc2)sc1C(=O)O. The summed E-state index contributed by atoms with van der Waals surface area (Å²) in [5.41, 5.74) is 3.36. The second kappa shape index (κ2) is 9.97. The first-order valence-electron chi connectivity index (χ1n) is 10.9. The van der Waals surface area contributed by atoms with Crippen molar-refractivity contribution in [1.82, 2.24) is 4.98 Å². The van der Waals surface area contributed by atoms with Gasteiger partial charge >= 0.3 is 13.5 Å². The maximum atomic E-state index is 14.0. The molecule has 11 heteroatoms. The van der Waals surface area contributed by atoms with Crippen LogP contribution in [0.2, 0.25) is 10.0 Å². The molecule has 3 heterocycles. The summed E-state index contributed by atoms with van der Waals surface area (Å²) in [6.07, 6.45) is 1.71. The molecule has 7 nitrogen and oxygen atoms in total. The molecule has 0 saturated carbocycles. The molecule has 0 aliphatic rings. The lowest BCUT2D eigenvalue weighted by atomic mass is 10.1. The molecule has 0 amide bonds. The third-order valence-corrected chi connectivity index (χ3v) is 10.2. The van der Waals surface area contributed by atoms with E-state index in [0.717, 1.165) is 28.0 Å². The highest BCUT2D eigenvalue weighted by Crippen LogP contribution is 2.54. The molecule has 1 unspecified atom stereocenters. The van der Waals surface area contributed by atoms with Gasteiger partial charge in [-0.1, -0.05) is 47.5 Å². The van der Waals surface area contributed by atoms with Gasteiger partial charge in [0.1, 0.15) is 16.2 Å². The number of hydrogen-bond donors (Lipinski definition) is 1. The molecule has 3 aromatic heterocycles. The zero-order valence-corrected chi connectivity index (χ0v) is 22.7. The molecule has 1 N–H and O–H groups in total. The van der Waals surface area contributed by atoms with Crippen molar-refractivity contribution in [2.45, 2.75) is 0 Å². The molecule has 0 saturated heterocycles. The average Bonchev–Trinajstić information content (AvgIpc) is 3.53. The van der Waals surface area contributed by atoms with E-state index >= 15 is 0 Å². The molecule has 5 aromatic rings. The Bertz CT molecular complexity index is 1650. The molecule has 2 aromatic carbocycles. The number of carbonyl (C=O) groups is 1. The van der Waals surface area contributed by atoms with Gasteiger partial charge in [0.15, 0.2) is 5.58 Å². The summed E-state index contributed by atoms with van der Waals surface area (Å²) in [5, 5.41) is 10.7. The predicted molar refractivity (Wildman–Crippen MR) is 149 cm³/mol. The van der Waals surface area contributed by atoms with E-state index in [-0.39, 0.29) is 20.9 Å². The fourth-order valence-electron chi connectivity index (χ4n) is 3.96. The van der Waals surface area contributed by atoms with E-state index in [1.54, 1.807) is 18.3 Å². The second-order valence-corrected chi connectivity index (χ2v) is 12.4. The van der Waals surface area contributed by atoms with Gasteiger partial charge in [0, 0.05) is 41.9 Å². The van der Waals surface area contributed by atoms with Crippen molar-refractivity contribution in [3.63, 3.8) is 0 Å². The summed E-state index contributed by atoms with van der Waals surface area (Å²) >= 11 is 13.4. The lowest BCUT2D eigenvalue weighted by Gasteiger charge is -2.29. The number of aromatic carboxylic acids is 1. The first kappa shape index (κ1) is 25.5. The van der Waals surface area contributed by atoms with Crippen molar-refractivity contribution < 1.29 is 23.4 Å². The molecule has 37 heavy (non-hydrogen) atoms. The molecular weight excluding hydrogens is 554 g/mol. The number of thiophene rings is 1. The third-order valence-electron chi connectivity index (χ3n) is 5.85. The zero-order chi connectivity index (χ0) is 26.3. The van der Waals surface area contributed by atoms with Gasteiger partial charge in [-0.2, -0.15) is 0 Å². The standard InChI is InChI=1S/C26H19Cl2N2O5PS/c1-30(36(33,34-2)23-10-9-17(27)12-18(23)28)20-14-24(37-25(20)26(31)32)16-7-5-15(6-8-16)22-13-19-21(35-22)4-3-11-29-19/h3-14H,1-2H3,(H,31,32). The highest BCUT2D eigenvalue weighted by atomic mass is 35.5. The summed E-state index contributed by atoms with van der Waals surface area (Å²) in [4.78, 5) is 17.1. The van der Waals surface area contributed by atoms with Crippen LogP contribution in [0.4, 0.5) is 5.69 Å². The molecule has 0 spiro atoms. The Morgan fingerprint density at radius 1 is 1.08 bits per heavy atom. The largest absolute Gasteiger partial charge is 0.477 e. The maximum absolute atomic E-state index is 14.0. The lowest BCUT2D eigenvalue weighted by molar-refractivity contribution is 0.0703. The first-order valence-corrected chi connectivity index (χ1v) is 14.0. The van der Waals surface area contributed by atoms with Gasteiger partial charge in [-0.3, -0.25) is 14.2 Å². The summed E-state index contributed by atoms with van der Waals surface area (Å²) in [6.45, 7) is 0. The number of aromatic nitrogens is 1. The van der Waals surface area contributed by atoms with E-state index in [4.69, 9.17) is 32.1 Å². The van der Waals surface area contributed by atoms with E-state index in [9.17, 15) is 14.5 Å². The van der Waals surface area contributed by atoms with Crippen LogP contribution in [0.1, 0.15) is 9.67 Å². The highest BCUT2D eigenvalue weighted by Gasteiger charge is 2.36. The van der Waals surface area contributed by atoms with Crippen molar-refractivity contribution >= 4 is 70.1 Å². The Kier molecular flexibility index (Phi) is 6.88. The van der Waals surface area contributed by atoms with Crippen molar-refractivity contribution in [2.75, 3.05) is 18.8 Å². The van der Waals surface area contributed by atoms with Gasteiger partial charge in [0.05, 0.1) is 16.0 Å². The van der Waals surface area contributed by atoms with Gasteiger partial charge in [-0.25, -0.2) is 4.79 Å². The van der Waals surface area contributed by atoms with E-state index in [1.165, 1.54) is 31.0 Å². The topological polar surface area (TPSA) is 92.9 Å². The number of benzene rings is 2. The van der Waals surface area contributed by atoms with Crippen LogP contribution in [-0.4, -0.2) is 30.2 Å². The third kappa shape index (κ3) is 4.67. The van der Waals surface area contributed by atoms with E-state index in [0.29, 0.717) is 21.2 Å². The molecule has 0 aliphatic carbocycles. The van der Waals surface area contributed by atoms with Gasteiger partial charge in [-0.15, -0.1) is 11.3 Å². The molecule has 1 atom stereocenters. The Morgan fingerprint density at radius 3 is 2.46 bits per heavy atom. The van der Waals surface area contributed by atoms with Crippen LogP contribution in [0.15, 0.2) is 77.3 Å². The first-order chi connectivity index (χ1) is 17.7. The lowest BCUT2D eigenvalue weighted by Crippen LogP contribution is -2.24. The molecule has 0 fully saturated rings. The number of rotatable bonds is 7. The second-order valence-electron chi connectivity index (χ2n) is 8.03. The Balaban J connectivity index is 1.52. The van der Waals surface area contributed by atoms with Gasteiger partial charge in [-0.05, 0) is 42.0 Å². The van der Waals surface area contributed by atoms with Crippen LogP contribution in [0.3, 0.4) is 0 Å². The zero-order valence-electron chi connectivity index (χ0n) is 19.5. The smallest absolute Gasteiger partial charge is 0.348 e. The molecule has 0 radical (unpaired) electrons. The number of carboxylic acids is 1. The Hall–Kier alpha value is -3.13. The van der Waals surface area contributed by atoms with Crippen LogP contribution in [0.5, 0.6) is 0 Å². The minimum absolute atomic E-state index is 0.0206. The summed E-state index contributed by atoms with van der Waals surface area (Å²) < 4.78 is 26.7. The fourth-order valence-corrected chi connectivity index (χ4v) is 7.59. The summed E-state index contributed by atoms with van der Waals surface area (Å²) in [7, 11) is -0.949. The number of carboxylic acid groups (broad SMARTS) is 1. The highest BCUT2D eigenvalue weighted by molar-refractivity contribution is 7.68. The number of hydrogen-bond acceptors (Lipinski definition) is 6. The maximum Gasteiger partial charge on any atom is 0.348 e. The van der Waals surface area contributed by atoms with Crippen molar-refractivity contribution in [3.05, 3.63) is 87.8 Å². The fraction of sp³-hybridized carbons (Fsp3) is 0.0769. The normalized spacial score (nSPS) is 13.0. The minimum Gasteiger partial charge on any atom is -0.477 e. The van der Waals surface area contributed by atoms with Crippen LogP contribution in [0, 0.1) is 0 Å². The van der Waals surface area contributed by atoms with Crippen LogP contribution in [0.25, 0.3) is 32.9 Å². The van der Waals surface area contributed by atoms with E-state index < -0.39 is 13.5 Å². The van der Waals surface area contributed by atoms with E-state index in [1.807, 2.05) is 42.5 Å². The Morgan fingerprint density at radius 2 is 1.81 bits per heavy atom. The van der Waals surface area contributed by atoms with Crippen LogP contribution in [-0.2, 0) is 9.09 Å². The number of halogens is 2. The van der Waals surface area contributed by atoms with E-state index in [2.05, 4.69) is 4.98 Å². The predicted octanol–water partition coefficient (Wildman–Crippen LogP) is 7.83. The molecule has 188 valence electrons. The van der Waals surface area contributed by atoms with Gasteiger partial charge < -0.3 is 14.0 Å².